The van der Waals surface area contributed by atoms with Crippen molar-refractivity contribution < 1.29 is 4.39 Å². The van der Waals surface area contributed by atoms with E-state index in [1.54, 1.807) is 6.07 Å². The Bertz CT molecular complexity index is 485. The smallest absolute Gasteiger partial charge is 0.141 e. The predicted octanol–water partition coefficient (Wildman–Crippen LogP) is 3.59. The highest BCUT2D eigenvalue weighted by molar-refractivity contribution is 6.30. The second-order valence-electron chi connectivity index (χ2n) is 6.37. The molecule has 4 heteroatoms. The molecule has 1 N–H and O–H groups in total. The maximum absolute atomic E-state index is 13.2. The number of nitrogens with one attached hydrogen (secondary N) is 1. The molecule has 1 aromatic carbocycles. The minimum Gasteiger partial charge on any atom is -0.308 e. The molecule has 0 radical (unpaired) electrons. The Labute approximate surface area is 125 Å². The quantitative estimate of drug-likeness (QED) is 0.897. The topological polar surface area (TPSA) is 15.3 Å². The number of hydrogen-bond acceptors (Lipinski definition) is 2. The SMILES string of the molecule is CC1CNC2(CCCC2)CN1Cc1ccc(F)c(Cl)c1. The summed E-state index contributed by atoms with van der Waals surface area (Å²) in [4.78, 5) is 2.51. The summed E-state index contributed by atoms with van der Waals surface area (Å²) in [6.07, 6.45) is 5.22. The van der Waals surface area contributed by atoms with E-state index in [9.17, 15) is 4.39 Å². The predicted molar refractivity (Wildman–Crippen MR) is 80.5 cm³/mol. The largest absolute Gasteiger partial charge is 0.308 e. The third kappa shape index (κ3) is 2.85. The second-order valence-corrected chi connectivity index (χ2v) is 6.78. The van der Waals surface area contributed by atoms with Crippen molar-refractivity contribution in [3.05, 3.63) is 34.6 Å². The Kier molecular flexibility index (Phi) is 4.02. The molecule has 1 spiro atoms. The number of rotatable bonds is 2. The summed E-state index contributed by atoms with van der Waals surface area (Å²) < 4.78 is 13.2. The molecule has 1 aromatic rings. The van der Waals surface area contributed by atoms with Gasteiger partial charge in [0.1, 0.15) is 5.82 Å². The zero-order valence-corrected chi connectivity index (χ0v) is 12.7. The van der Waals surface area contributed by atoms with Crippen LogP contribution in [0.25, 0.3) is 0 Å². The van der Waals surface area contributed by atoms with E-state index in [-0.39, 0.29) is 10.8 Å². The first kappa shape index (κ1) is 14.3. The minimum atomic E-state index is -0.337. The van der Waals surface area contributed by atoms with E-state index in [0.717, 1.165) is 25.2 Å². The van der Waals surface area contributed by atoms with Crippen LogP contribution in [0.1, 0.15) is 38.2 Å². The van der Waals surface area contributed by atoms with E-state index in [1.165, 1.54) is 31.7 Å². The highest BCUT2D eigenvalue weighted by atomic mass is 35.5. The van der Waals surface area contributed by atoms with Gasteiger partial charge in [-0.2, -0.15) is 0 Å². The molecule has 0 bridgehead atoms. The molecule has 1 atom stereocenters. The van der Waals surface area contributed by atoms with E-state index in [1.807, 2.05) is 6.07 Å². The Hall–Kier alpha value is -0.640. The molecule has 1 aliphatic carbocycles. The van der Waals surface area contributed by atoms with Gasteiger partial charge in [-0.1, -0.05) is 30.5 Å². The molecule has 1 saturated heterocycles. The van der Waals surface area contributed by atoms with Crippen LogP contribution in [0.2, 0.25) is 5.02 Å². The highest BCUT2D eigenvalue weighted by Crippen LogP contribution is 2.33. The Balaban J connectivity index is 1.72. The number of benzene rings is 1. The van der Waals surface area contributed by atoms with Gasteiger partial charge in [0, 0.05) is 31.2 Å². The first-order valence-electron chi connectivity index (χ1n) is 7.51. The molecule has 20 heavy (non-hydrogen) atoms. The van der Waals surface area contributed by atoms with Crippen molar-refractivity contribution in [1.82, 2.24) is 10.2 Å². The summed E-state index contributed by atoms with van der Waals surface area (Å²) in [5, 5.41) is 3.98. The molecule has 1 heterocycles. The van der Waals surface area contributed by atoms with Gasteiger partial charge in [0.2, 0.25) is 0 Å². The summed E-state index contributed by atoms with van der Waals surface area (Å²) in [5.74, 6) is -0.337. The van der Waals surface area contributed by atoms with Gasteiger partial charge >= 0.3 is 0 Å². The molecule has 2 aliphatic rings. The van der Waals surface area contributed by atoms with Crippen molar-refractivity contribution in [1.29, 1.82) is 0 Å². The van der Waals surface area contributed by atoms with Crippen molar-refractivity contribution in [2.24, 2.45) is 0 Å². The average Bonchev–Trinajstić information content (AvgIpc) is 2.87. The first-order chi connectivity index (χ1) is 9.58. The summed E-state index contributed by atoms with van der Waals surface area (Å²) in [6.45, 7) is 5.22. The van der Waals surface area contributed by atoms with Crippen LogP contribution in [0.15, 0.2) is 18.2 Å². The summed E-state index contributed by atoms with van der Waals surface area (Å²) in [6, 6.07) is 5.57. The minimum absolute atomic E-state index is 0.223. The standard InChI is InChI=1S/C16H22ClFN2/c1-12-9-19-16(6-2-3-7-16)11-20(12)10-13-4-5-15(18)14(17)8-13/h4-5,8,12,19H,2-3,6-7,9-11H2,1H3. The van der Waals surface area contributed by atoms with Crippen LogP contribution in [-0.4, -0.2) is 29.6 Å². The van der Waals surface area contributed by atoms with Crippen LogP contribution in [0, 0.1) is 5.82 Å². The monoisotopic (exact) mass is 296 g/mol. The Morgan fingerprint density at radius 1 is 1.40 bits per heavy atom. The van der Waals surface area contributed by atoms with Gasteiger partial charge in [0.25, 0.3) is 0 Å². The third-order valence-electron chi connectivity index (χ3n) is 4.83. The molecule has 1 unspecified atom stereocenters. The maximum Gasteiger partial charge on any atom is 0.141 e. The van der Waals surface area contributed by atoms with Crippen LogP contribution < -0.4 is 5.32 Å². The number of halogens is 2. The molecule has 1 aliphatic heterocycles. The lowest BCUT2D eigenvalue weighted by Crippen LogP contribution is -2.62. The zero-order chi connectivity index (χ0) is 14.2. The van der Waals surface area contributed by atoms with Gasteiger partial charge in [-0.3, -0.25) is 4.90 Å². The molecule has 2 fully saturated rings. The zero-order valence-electron chi connectivity index (χ0n) is 12.0. The first-order valence-corrected chi connectivity index (χ1v) is 7.89. The van der Waals surface area contributed by atoms with Crippen molar-refractivity contribution >= 4 is 11.6 Å². The van der Waals surface area contributed by atoms with Crippen LogP contribution in [-0.2, 0) is 6.54 Å². The molecule has 0 amide bonds. The summed E-state index contributed by atoms with van der Waals surface area (Å²) in [7, 11) is 0. The van der Waals surface area contributed by atoms with Gasteiger partial charge in [-0.05, 0) is 37.5 Å². The molecule has 2 nitrogen and oxygen atoms in total. The van der Waals surface area contributed by atoms with E-state index < -0.39 is 0 Å². The van der Waals surface area contributed by atoms with Gasteiger partial charge in [0.15, 0.2) is 0 Å². The second kappa shape index (κ2) is 5.63. The average molecular weight is 297 g/mol. The fourth-order valence-corrected chi connectivity index (χ4v) is 3.77. The number of hydrogen-bond donors (Lipinski definition) is 1. The number of piperazine rings is 1. The van der Waals surface area contributed by atoms with E-state index >= 15 is 0 Å². The van der Waals surface area contributed by atoms with Gasteiger partial charge in [0.05, 0.1) is 5.02 Å². The molecular weight excluding hydrogens is 275 g/mol. The molecule has 0 aromatic heterocycles. The van der Waals surface area contributed by atoms with Crippen molar-refractivity contribution in [3.63, 3.8) is 0 Å². The lowest BCUT2D eigenvalue weighted by Gasteiger charge is -2.45. The van der Waals surface area contributed by atoms with Gasteiger partial charge < -0.3 is 5.32 Å². The molecule has 1 saturated carbocycles. The number of nitrogens with zero attached hydrogens (tertiary/aromatic N) is 1. The summed E-state index contributed by atoms with van der Waals surface area (Å²) >= 11 is 5.88. The van der Waals surface area contributed by atoms with Crippen LogP contribution in [0.3, 0.4) is 0 Å². The van der Waals surface area contributed by atoms with Crippen LogP contribution >= 0.6 is 11.6 Å². The van der Waals surface area contributed by atoms with E-state index in [4.69, 9.17) is 11.6 Å². The molecule has 3 rings (SSSR count). The van der Waals surface area contributed by atoms with Crippen molar-refractivity contribution in [2.45, 2.75) is 50.7 Å². The summed E-state index contributed by atoms with van der Waals surface area (Å²) in [5.41, 5.74) is 1.41. The van der Waals surface area contributed by atoms with Crippen molar-refractivity contribution in [2.75, 3.05) is 13.1 Å². The van der Waals surface area contributed by atoms with E-state index in [2.05, 4.69) is 17.1 Å². The highest BCUT2D eigenvalue weighted by Gasteiger charge is 2.39. The van der Waals surface area contributed by atoms with Gasteiger partial charge in [-0.15, -0.1) is 0 Å². The lowest BCUT2D eigenvalue weighted by molar-refractivity contribution is 0.0826. The Morgan fingerprint density at radius 2 is 2.15 bits per heavy atom. The van der Waals surface area contributed by atoms with E-state index in [0.29, 0.717) is 11.6 Å². The van der Waals surface area contributed by atoms with Gasteiger partial charge in [-0.25, -0.2) is 4.39 Å². The maximum atomic E-state index is 13.2. The Morgan fingerprint density at radius 3 is 2.85 bits per heavy atom. The van der Waals surface area contributed by atoms with Crippen molar-refractivity contribution in [3.8, 4) is 0 Å². The lowest BCUT2D eigenvalue weighted by atomic mass is 9.92. The fourth-order valence-electron chi connectivity index (χ4n) is 3.56. The third-order valence-corrected chi connectivity index (χ3v) is 5.12. The molecule has 110 valence electrons. The normalized spacial score (nSPS) is 26.2. The van der Waals surface area contributed by atoms with Crippen LogP contribution in [0.5, 0.6) is 0 Å². The molecular formula is C16H22ClFN2. The van der Waals surface area contributed by atoms with Crippen LogP contribution in [0.4, 0.5) is 4.39 Å². The fraction of sp³-hybridized carbons (Fsp3) is 0.625.